The zero-order chi connectivity index (χ0) is 18.7. The third-order valence-corrected chi connectivity index (χ3v) is 5.31. The first kappa shape index (κ1) is 21.5. The molecule has 2 unspecified atom stereocenters. The van der Waals surface area contributed by atoms with Gasteiger partial charge in [0, 0.05) is 18.4 Å². The van der Waals surface area contributed by atoms with Crippen molar-refractivity contribution in [1.82, 2.24) is 5.32 Å². The summed E-state index contributed by atoms with van der Waals surface area (Å²) in [6.07, 6.45) is 0.463. The number of nitrogens with one attached hydrogen (secondary N) is 1. The first-order valence-electron chi connectivity index (χ1n) is 8.75. The molecular weight excluding hydrogens is 385 g/mol. The number of hydrogen-bond donors (Lipinski definition) is 1. The van der Waals surface area contributed by atoms with Gasteiger partial charge in [0.05, 0.1) is 12.1 Å². The fourth-order valence-corrected chi connectivity index (χ4v) is 3.53. The Balaban J connectivity index is 0.00000261. The maximum absolute atomic E-state index is 11.6. The van der Waals surface area contributed by atoms with Gasteiger partial charge in [0.25, 0.3) is 0 Å². The van der Waals surface area contributed by atoms with Crippen LogP contribution < -0.4 is 10.1 Å². The molecule has 0 spiro atoms. The van der Waals surface area contributed by atoms with Gasteiger partial charge in [0.2, 0.25) is 0 Å². The van der Waals surface area contributed by atoms with Crippen molar-refractivity contribution >= 4 is 30.0 Å². The van der Waals surface area contributed by atoms with Crippen molar-refractivity contribution in [2.45, 2.75) is 37.8 Å². The summed E-state index contributed by atoms with van der Waals surface area (Å²) in [5, 5.41) is 3.69. The highest BCUT2D eigenvalue weighted by Crippen LogP contribution is 2.36. The number of esters is 1. The van der Waals surface area contributed by atoms with E-state index >= 15 is 0 Å². The molecule has 1 saturated heterocycles. The van der Waals surface area contributed by atoms with Gasteiger partial charge in [0.1, 0.15) is 17.9 Å². The first-order chi connectivity index (χ1) is 12.4. The fraction of sp³-hybridized carbons (Fsp3) is 0.381. The summed E-state index contributed by atoms with van der Waals surface area (Å²) < 4.78 is 10.8. The lowest BCUT2D eigenvalue weighted by molar-refractivity contribution is -0.142. The Morgan fingerprint density at radius 1 is 1.15 bits per heavy atom. The summed E-state index contributed by atoms with van der Waals surface area (Å²) >= 11 is 6.49. The lowest BCUT2D eigenvalue weighted by atomic mass is 9.78. The molecule has 2 atom stereocenters. The summed E-state index contributed by atoms with van der Waals surface area (Å²) in [7, 11) is 1.39. The van der Waals surface area contributed by atoms with Crippen molar-refractivity contribution in [2.24, 2.45) is 0 Å². The van der Waals surface area contributed by atoms with Crippen molar-refractivity contribution < 1.29 is 14.3 Å². The van der Waals surface area contributed by atoms with Crippen LogP contribution >= 0.6 is 24.0 Å². The van der Waals surface area contributed by atoms with E-state index in [1.165, 1.54) is 12.7 Å². The van der Waals surface area contributed by atoms with Crippen LogP contribution in [0.25, 0.3) is 0 Å². The second-order valence-corrected chi connectivity index (χ2v) is 7.50. The molecule has 0 saturated carbocycles. The quantitative estimate of drug-likeness (QED) is 0.744. The molecule has 27 heavy (non-hydrogen) atoms. The number of halogens is 2. The van der Waals surface area contributed by atoms with E-state index in [0.29, 0.717) is 23.7 Å². The highest BCUT2D eigenvalue weighted by Gasteiger charge is 2.32. The van der Waals surface area contributed by atoms with E-state index in [1.807, 2.05) is 36.4 Å². The predicted molar refractivity (Wildman–Crippen MR) is 110 cm³/mol. The summed E-state index contributed by atoms with van der Waals surface area (Å²) in [6.45, 7) is 4.94. The van der Waals surface area contributed by atoms with Gasteiger partial charge in [0.15, 0.2) is 0 Å². The number of rotatable bonds is 5. The monoisotopic (exact) mass is 409 g/mol. The van der Waals surface area contributed by atoms with Crippen LogP contribution in [0.5, 0.6) is 5.75 Å². The van der Waals surface area contributed by atoms with Crippen LogP contribution in [0.3, 0.4) is 0 Å². The van der Waals surface area contributed by atoms with Crippen LogP contribution in [0, 0.1) is 0 Å². The molecule has 0 aliphatic carbocycles. The Morgan fingerprint density at radius 3 is 2.48 bits per heavy atom. The Hall–Kier alpha value is -1.75. The first-order valence-corrected chi connectivity index (χ1v) is 9.13. The molecule has 0 bridgehead atoms. The number of hydrogen-bond acceptors (Lipinski definition) is 4. The lowest BCUT2D eigenvalue weighted by Gasteiger charge is -2.27. The smallest absolute Gasteiger partial charge is 0.323 e. The Kier molecular flexibility index (Phi) is 7.15. The second kappa shape index (κ2) is 8.96. The Bertz CT molecular complexity index is 780. The maximum Gasteiger partial charge on any atom is 0.323 e. The Labute approximate surface area is 171 Å². The minimum Gasteiger partial charge on any atom is -0.487 e. The molecule has 2 aromatic carbocycles. The molecule has 4 nitrogen and oxygen atoms in total. The maximum atomic E-state index is 11.6. The average Bonchev–Trinajstić information content (AvgIpc) is 3.12. The van der Waals surface area contributed by atoms with Crippen LogP contribution in [0.15, 0.2) is 48.5 Å². The van der Waals surface area contributed by atoms with Crippen LogP contribution in [0.2, 0.25) is 5.02 Å². The lowest BCUT2D eigenvalue weighted by Crippen LogP contribution is -2.31. The number of methoxy groups -OCH3 is 1. The molecule has 1 heterocycles. The van der Waals surface area contributed by atoms with Crippen molar-refractivity contribution in [2.75, 3.05) is 13.7 Å². The number of carbonyl (C=O) groups excluding carboxylic acids is 1. The molecule has 6 heteroatoms. The Morgan fingerprint density at radius 2 is 1.85 bits per heavy atom. The van der Waals surface area contributed by atoms with Gasteiger partial charge < -0.3 is 14.8 Å². The van der Waals surface area contributed by atoms with Crippen molar-refractivity contribution in [1.29, 1.82) is 0 Å². The summed E-state index contributed by atoms with van der Waals surface area (Å²) in [6, 6.07) is 15.9. The highest BCUT2D eigenvalue weighted by molar-refractivity contribution is 6.32. The summed E-state index contributed by atoms with van der Waals surface area (Å²) in [5.41, 5.74) is 2.19. The summed E-state index contributed by atoms with van der Waals surface area (Å²) in [4.78, 5) is 11.6. The number of ether oxygens (including phenoxy) is 2. The molecule has 1 aliphatic heterocycles. The molecule has 0 aromatic heterocycles. The van der Waals surface area contributed by atoms with Gasteiger partial charge >= 0.3 is 5.97 Å². The van der Waals surface area contributed by atoms with Crippen molar-refractivity contribution in [3.63, 3.8) is 0 Å². The highest BCUT2D eigenvalue weighted by atomic mass is 35.5. The van der Waals surface area contributed by atoms with Gasteiger partial charge in [-0.25, -0.2) is 0 Å². The van der Waals surface area contributed by atoms with E-state index in [9.17, 15) is 4.79 Å². The fourth-order valence-electron chi connectivity index (χ4n) is 3.30. The van der Waals surface area contributed by atoms with E-state index in [-0.39, 0.29) is 35.9 Å². The van der Waals surface area contributed by atoms with Gasteiger partial charge in [-0.3, -0.25) is 4.79 Å². The minimum atomic E-state index is -0.319. The van der Waals surface area contributed by atoms with E-state index in [0.717, 1.165) is 5.56 Å². The molecule has 146 valence electrons. The normalized spacial score (nSPS) is 19.3. The number of benzene rings is 2. The number of carbonyl (C=O) groups is 1. The van der Waals surface area contributed by atoms with Crippen LogP contribution in [0.1, 0.15) is 31.4 Å². The largest absolute Gasteiger partial charge is 0.487 e. The molecule has 3 rings (SSSR count). The van der Waals surface area contributed by atoms with E-state index in [2.05, 4.69) is 31.3 Å². The zero-order valence-corrected chi connectivity index (χ0v) is 17.3. The van der Waals surface area contributed by atoms with Crippen molar-refractivity contribution in [3.05, 3.63) is 64.7 Å². The third kappa shape index (κ3) is 4.75. The van der Waals surface area contributed by atoms with Gasteiger partial charge in [-0.2, -0.15) is 0 Å². The minimum absolute atomic E-state index is 0. The predicted octanol–water partition coefficient (Wildman–Crippen LogP) is 4.37. The molecule has 1 N–H and O–H groups in total. The molecule has 1 aliphatic rings. The van der Waals surface area contributed by atoms with Gasteiger partial charge in [-0.15, -0.1) is 12.4 Å². The third-order valence-electron chi connectivity index (χ3n) is 5.02. The molecular formula is C21H25Cl2NO3. The average molecular weight is 410 g/mol. The van der Waals surface area contributed by atoms with E-state index in [4.69, 9.17) is 21.1 Å². The molecule has 0 radical (unpaired) electrons. The van der Waals surface area contributed by atoms with Crippen LogP contribution in [-0.2, 0) is 14.9 Å². The van der Waals surface area contributed by atoms with E-state index in [1.54, 1.807) is 0 Å². The van der Waals surface area contributed by atoms with E-state index < -0.39 is 0 Å². The second-order valence-electron chi connectivity index (χ2n) is 7.10. The summed E-state index contributed by atoms with van der Waals surface area (Å²) in [5.74, 6) is 0.374. The molecule has 0 amide bonds. The van der Waals surface area contributed by atoms with Crippen molar-refractivity contribution in [3.8, 4) is 5.75 Å². The van der Waals surface area contributed by atoms with Crippen LogP contribution in [0.4, 0.5) is 0 Å². The topological polar surface area (TPSA) is 47.6 Å². The SMILES string of the molecule is COC(=O)C1CC(Oc2ccc(C(C)(C)c3ccccc3)cc2Cl)CN1.Cl. The zero-order valence-electron chi connectivity index (χ0n) is 15.7. The molecule has 1 fully saturated rings. The van der Waals surface area contributed by atoms with Crippen LogP contribution in [-0.4, -0.2) is 31.8 Å². The standard InChI is InChI=1S/C21H24ClNO3.ClH/c1-21(2,14-7-5-4-6-8-14)15-9-10-19(17(22)11-15)26-16-12-18(23-13-16)20(24)25-3;/h4-11,16,18,23H,12-13H2,1-3H3;1H. The molecule has 2 aromatic rings. The van der Waals surface area contributed by atoms with Gasteiger partial charge in [-0.05, 0) is 23.3 Å². The van der Waals surface area contributed by atoms with Gasteiger partial charge in [-0.1, -0.05) is 61.8 Å².